The van der Waals surface area contributed by atoms with Crippen LogP contribution in [0.15, 0.2) is 36.8 Å². The van der Waals surface area contributed by atoms with Gasteiger partial charge in [0.2, 0.25) is 0 Å². The monoisotopic (exact) mass is 313 g/mol. The van der Waals surface area contributed by atoms with Crippen LogP contribution in [0.4, 0.5) is 4.39 Å². The molecule has 122 valence electrons. The summed E-state index contributed by atoms with van der Waals surface area (Å²) in [5.41, 5.74) is 8.43. The zero-order valence-corrected chi connectivity index (χ0v) is 13.4. The van der Waals surface area contributed by atoms with Gasteiger partial charge in [-0.15, -0.1) is 0 Å². The largest absolute Gasteiger partial charge is 0.330 e. The smallest absolute Gasteiger partial charge is 0.111 e. The zero-order chi connectivity index (χ0) is 15.9. The van der Waals surface area contributed by atoms with Gasteiger partial charge in [-0.3, -0.25) is 0 Å². The van der Waals surface area contributed by atoms with Crippen molar-refractivity contribution in [1.29, 1.82) is 0 Å². The number of halogens is 1. The highest BCUT2D eigenvalue weighted by Crippen LogP contribution is 2.44. The topological polar surface area (TPSA) is 43.8 Å². The van der Waals surface area contributed by atoms with E-state index in [9.17, 15) is 0 Å². The lowest BCUT2D eigenvalue weighted by atomic mass is 9.77. The Bertz CT molecular complexity index is 685. The molecule has 1 saturated carbocycles. The number of nitrogens with two attached hydrogens (primary N) is 1. The quantitative estimate of drug-likeness (QED) is 0.924. The van der Waals surface area contributed by atoms with Crippen molar-refractivity contribution in [2.75, 3.05) is 6.54 Å². The van der Waals surface area contributed by atoms with Crippen molar-refractivity contribution < 1.29 is 4.39 Å². The van der Waals surface area contributed by atoms with Crippen LogP contribution < -0.4 is 5.73 Å². The molecule has 2 aliphatic rings. The normalized spacial score (nSPS) is 29.3. The zero-order valence-electron chi connectivity index (χ0n) is 13.4. The van der Waals surface area contributed by atoms with Crippen molar-refractivity contribution in [3.05, 3.63) is 42.4 Å². The highest BCUT2D eigenvalue weighted by molar-refractivity contribution is 5.68. The molecular formula is C19H24FN3. The highest BCUT2D eigenvalue weighted by atomic mass is 19.1. The van der Waals surface area contributed by atoms with Gasteiger partial charge < -0.3 is 10.3 Å². The van der Waals surface area contributed by atoms with Gasteiger partial charge in [0.05, 0.1) is 24.3 Å². The SMILES string of the molecule is NCC1CCC(F)(CCC2c3ccccc3-c3cncn32)CC1. The summed E-state index contributed by atoms with van der Waals surface area (Å²) in [5.74, 6) is 0.520. The van der Waals surface area contributed by atoms with E-state index in [1.165, 1.54) is 11.1 Å². The van der Waals surface area contributed by atoms with Crippen LogP contribution in [0.2, 0.25) is 0 Å². The van der Waals surface area contributed by atoms with E-state index < -0.39 is 5.67 Å². The van der Waals surface area contributed by atoms with Gasteiger partial charge in [-0.05, 0) is 56.6 Å². The van der Waals surface area contributed by atoms with Crippen molar-refractivity contribution in [3.63, 3.8) is 0 Å². The fraction of sp³-hybridized carbons (Fsp3) is 0.526. The van der Waals surface area contributed by atoms with Gasteiger partial charge in [0.25, 0.3) is 0 Å². The van der Waals surface area contributed by atoms with E-state index in [4.69, 9.17) is 5.73 Å². The van der Waals surface area contributed by atoms with E-state index in [0.717, 1.165) is 25.0 Å². The number of aromatic nitrogens is 2. The summed E-state index contributed by atoms with van der Waals surface area (Å²) in [5, 5.41) is 0. The molecule has 2 heterocycles. The Morgan fingerprint density at radius 1 is 1.26 bits per heavy atom. The lowest BCUT2D eigenvalue weighted by Gasteiger charge is -2.34. The molecule has 4 heteroatoms. The summed E-state index contributed by atoms with van der Waals surface area (Å²) < 4.78 is 17.4. The Labute approximate surface area is 136 Å². The molecule has 0 saturated heterocycles. The lowest BCUT2D eigenvalue weighted by Crippen LogP contribution is -2.32. The van der Waals surface area contributed by atoms with Crippen LogP contribution in [0.25, 0.3) is 11.3 Å². The molecule has 0 bridgehead atoms. The van der Waals surface area contributed by atoms with E-state index in [0.29, 0.717) is 31.7 Å². The lowest BCUT2D eigenvalue weighted by molar-refractivity contribution is 0.0709. The van der Waals surface area contributed by atoms with E-state index in [1.807, 2.05) is 12.5 Å². The molecule has 1 aromatic carbocycles. The molecule has 2 aromatic rings. The van der Waals surface area contributed by atoms with Gasteiger partial charge in [-0.1, -0.05) is 24.3 Å². The van der Waals surface area contributed by atoms with Gasteiger partial charge in [0, 0.05) is 5.56 Å². The number of alkyl halides is 1. The fourth-order valence-corrected chi connectivity index (χ4v) is 4.30. The minimum atomic E-state index is -1.01. The minimum Gasteiger partial charge on any atom is -0.330 e. The molecular weight excluding hydrogens is 289 g/mol. The first-order valence-corrected chi connectivity index (χ1v) is 8.70. The molecule has 0 spiro atoms. The van der Waals surface area contributed by atoms with E-state index in [-0.39, 0.29) is 6.04 Å². The van der Waals surface area contributed by atoms with Crippen molar-refractivity contribution in [1.82, 2.24) is 9.55 Å². The van der Waals surface area contributed by atoms with Gasteiger partial charge in [0.1, 0.15) is 5.67 Å². The number of fused-ring (bicyclic) bond motifs is 3. The minimum absolute atomic E-state index is 0.226. The maximum Gasteiger partial charge on any atom is 0.111 e. The Kier molecular flexibility index (Phi) is 3.72. The summed E-state index contributed by atoms with van der Waals surface area (Å²) in [6.07, 6.45) is 8.47. The van der Waals surface area contributed by atoms with Gasteiger partial charge >= 0.3 is 0 Å². The summed E-state index contributed by atoms with van der Waals surface area (Å²) in [6, 6.07) is 8.67. The molecule has 0 radical (unpaired) electrons. The molecule has 1 atom stereocenters. The third-order valence-corrected chi connectivity index (χ3v) is 5.80. The van der Waals surface area contributed by atoms with Gasteiger partial charge in [-0.25, -0.2) is 9.37 Å². The van der Waals surface area contributed by atoms with E-state index in [2.05, 4.69) is 33.8 Å². The Balaban J connectivity index is 1.50. The summed E-state index contributed by atoms with van der Waals surface area (Å²) >= 11 is 0. The van der Waals surface area contributed by atoms with Gasteiger partial charge in [-0.2, -0.15) is 0 Å². The predicted molar refractivity (Wildman–Crippen MR) is 89.9 cm³/mol. The molecule has 1 aliphatic carbocycles. The van der Waals surface area contributed by atoms with Crippen molar-refractivity contribution in [3.8, 4) is 11.3 Å². The van der Waals surface area contributed by atoms with Crippen LogP contribution >= 0.6 is 0 Å². The molecule has 3 nitrogen and oxygen atoms in total. The van der Waals surface area contributed by atoms with E-state index in [1.54, 1.807) is 0 Å². The van der Waals surface area contributed by atoms with Crippen LogP contribution in [0, 0.1) is 5.92 Å². The number of rotatable bonds is 4. The first-order valence-electron chi connectivity index (χ1n) is 8.70. The number of nitrogens with zero attached hydrogens (tertiary/aromatic N) is 2. The third kappa shape index (κ3) is 2.59. The molecule has 0 amide bonds. The van der Waals surface area contributed by atoms with Crippen LogP contribution in [-0.4, -0.2) is 21.8 Å². The van der Waals surface area contributed by atoms with Crippen LogP contribution in [0.3, 0.4) is 0 Å². The average molecular weight is 313 g/mol. The second kappa shape index (κ2) is 5.75. The number of imidazole rings is 1. The molecule has 1 aliphatic heterocycles. The summed E-state index contributed by atoms with van der Waals surface area (Å²) in [6.45, 7) is 0.699. The first-order chi connectivity index (χ1) is 11.2. The summed E-state index contributed by atoms with van der Waals surface area (Å²) in [4.78, 5) is 4.28. The maximum absolute atomic E-state index is 15.1. The predicted octanol–water partition coefficient (Wildman–Crippen LogP) is 4.09. The second-order valence-electron chi connectivity index (χ2n) is 7.16. The number of benzene rings is 1. The van der Waals surface area contributed by atoms with Crippen LogP contribution in [0.5, 0.6) is 0 Å². The van der Waals surface area contributed by atoms with Crippen molar-refractivity contribution >= 4 is 0 Å². The van der Waals surface area contributed by atoms with Crippen molar-refractivity contribution in [2.24, 2.45) is 11.7 Å². The Morgan fingerprint density at radius 3 is 2.83 bits per heavy atom. The Morgan fingerprint density at radius 2 is 2.04 bits per heavy atom. The Hall–Kier alpha value is -1.68. The molecule has 2 N–H and O–H groups in total. The van der Waals surface area contributed by atoms with Crippen LogP contribution in [0.1, 0.15) is 50.1 Å². The number of hydrogen-bond donors (Lipinski definition) is 1. The summed E-state index contributed by atoms with van der Waals surface area (Å²) in [7, 11) is 0. The molecule has 1 unspecified atom stereocenters. The van der Waals surface area contributed by atoms with Crippen LogP contribution in [-0.2, 0) is 0 Å². The number of hydrogen-bond acceptors (Lipinski definition) is 2. The molecule has 1 fully saturated rings. The van der Waals surface area contributed by atoms with Crippen molar-refractivity contribution in [2.45, 2.75) is 50.2 Å². The highest BCUT2D eigenvalue weighted by Gasteiger charge is 2.37. The molecule has 23 heavy (non-hydrogen) atoms. The maximum atomic E-state index is 15.1. The first kappa shape index (κ1) is 14.9. The average Bonchev–Trinajstić information content (AvgIpc) is 3.15. The second-order valence-corrected chi connectivity index (χ2v) is 7.16. The third-order valence-electron chi connectivity index (χ3n) is 5.80. The standard InChI is InChI=1S/C19H24FN3/c20-19(8-5-14(11-21)6-9-19)10-7-17-15-3-1-2-4-16(15)18-12-22-13-23(17)18/h1-4,12-14,17H,5-11,21H2. The van der Waals surface area contributed by atoms with E-state index >= 15 is 4.39 Å². The van der Waals surface area contributed by atoms with Gasteiger partial charge in [0.15, 0.2) is 0 Å². The fourth-order valence-electron chi connectivity index (χ4n) is 4.30. The molecule has 1 aromatic heterocycles. The molecule has 4 rings (SSSR count).